The van der Waals surface area contributed by atoms with Crippen LogP contribution in [-0.4, -0.2) is 39.3 Å². The lowest BCUT2D eigenvalue weighted by molar-refractivity contribution is 0.0695. The second kappa shape index (κ2) is 8.41. The van der Waals surface area contributed by atoms with E-state index in [4.69, 9.17) is 5.73 Å². The van der Waals surface area contributed by atoms with E-state index in [0.29, 0.717) is 24.5 Å². The number of hydrogen-bond donors (Lipinski definition) is 2. The molecule has 3 rings (SSSR count). The molecular formula is C18H23ClN4O4. The number of benzene rings is 1. The first-order valence-electron chi connectivity index (χ1n) is 8.51. The zero-order chi connectivity index (χ0) is 18.8. The van der Waals surface area contributed by atoms with Crippen molar-refractivity contribution in [3.63, 3.8) is 0 Å². The lowest BCUT2D eigenvalue weighted by atomic mass is 10.1. The van der Waals surface area contributed by atoms with E-state index in [1.807, 2.05) is 4.90 Å². The van der Waals surface area contributed by atoms with Crippen molar-refractivity contribution in [1.82, 2.24) is 9.13 Å². The zero-order valence-electron chi connectivity index (χ0n) is 15.0. The molecule has 8 nitrogen and oxygen atoms in total. The van der Waals surface area contributed by atoms with Gasteiger partial charge in [0.25, 0.3) is 5.56 Å². The molecule has 0 saturated carbocycles. The minimum Gasteiger partial charge on any atom is -0.478 e. The lowest BCUT2D eigenvalue weighted by Crippen LogP contribution is -2.47. The summed E-state index contributed by atoms with van der Waals surface area (Å²) in [6, 6.07) is 7.94. The summed E-state index contributed by atoms with van der Waals surface area (Å²) in [6.07, 6.45) is 1.77. The summed E-state index contributed by atoms with van der Waals surface area (Å²) in [5, 5.41) is 9.39. The van der Waals surface area contributed by atoms with Crippen LogP contribution in [0.4, 0.5) is 5.82 Å². The third-order valence-corrected chi connectivity index (χ3v) is 4.74. The predicted molar refractivity (Wildman–Crippen MR) is 105 cm³/mol. The highest BCUT2D eigenvalue weighted by Crippen LogP contribution is 2.19. The minimum absolute atomic E-state index is 0. The Morgan fingerprint density at radius 3 is 2.67 bits per heavy atom. The summed E-state index contributed by atoms with van der Waals surface area (Å²) in [5.74, 6) is -0.576. The van der Waals surface area contributed by atoms with Gasteiger partial charge in [0, 0.05) is 32.2 Å². The topological polar surface area (TPSA) is 111 Å². The molecule has 1 atom stereocenters. The second-order valence-corrected chi connectivity index (χ2v) is 6.58. The van der Waals surface area contributed by atoms with Gasteiger partial charge in [0.15, 0.2) is 0 Å². The number of nitrogens with two attached hydrogens (primary N) is 1. The molecular weight excluding hydrogens is 372 g/mol. The molecule has 1 saturated heterocycles. The maximum Gasteiger partial charge on any atom is 0.336 e. The Hall–Kier alpha value is -2.58. The van der Waals surface area contributed by atoms with Crippen molar-refractivity contribution in [1.29, 1.82) is 0 Å². The molecule has 2 aromatic rings. The van der Waals surface area contributed by atoms with E-state index < -0.39 is 17.2 Å². The van der Waals surface area contributed by atoms with Crippen LogP contribution in [0.25, 0.3) is 0 Å². The highest BCUT2D eigenvalue weighted by atomic mass is 35.5. The number of rotatable bonds is 4. The Labute approximate surface area is 162 Å². The quantitative estimate of drug-likeness (QED) is 0.787. The summed E-state index contributed by atoms with van der Waals surface area (Å²) in [7, 11) is 1.41. The molecule has 0 spiro atoms. The van der Waals surface area contributed by atoms with E-state index in [1.54, 1.807) is 18.2 Å². The number of anilines is 1. The van der Waals surface area contributed by atoms with Gasteiger partial charge in [-0.25, -0.2) is 9.59 Å². The van der Waals surface area contributed by atoms with E-state index >= 15 is 0 Å². The fourth-order valence-corrected chi connectivity index (χ4v) is 3.32. The normalized spacial score (nSPS) is 16.7. The van der Waals surface area contributed by atoms with E-state index in [-0.39, 0.29) is 30.6 Å². The maximum absolute atomic E-state index is 12.7. The van der Waals surface area contributed by atoms with Gasteiger partial charge in [-0.05, 0) is 24.5 Å². The molecule has 3 N–H and O–H groups in total. The average molecular weight is 395 g/mol. The van der Waals surface area contributed by atoms with Gasteiger partial charge in [-0.15, -0.1) is 12.4 Å². The average Bonchev–Trinajstić information content (AvgIpc) is 2.62. The van der Waals surface area contributed by atoms with Gasteiger partial charge in [-0.3, -0.25) is 13.9 Å². The first kappa shape index (κ1) is 20.7. The molecule has 0 unspecified atom stereocenters. The van der Waals surface area contributed by atoms with Crippen molar-refractivity contribution in [2.45, 2.75) is 25.4 Å². The van der Waals surface area contributed by atoms with Crippen LogP contribution in [-0.2, 0) is 13.6 Å². The Morgan fingerprint density at radius 2 is 2.00 bits per heavy atom. The third-order valence-electron chi connectivity index (χ3n) is 4.74. The number of halogens is 1. The van der Waals surface area contributed by atoms with Crippen LogP contribution in [0.1, 0.15) is 28.8 Å². The van der Waals surface area contributed by atoms with E-state index in [1.165, 1.54) is 23.7 Å². The SMILES string of the molecule is Cl.Cn1c(=O)cc(N2CCC[C@@H](N)C2)n(Cc2ccccc2C(=O)O)c1=O. The van der Waals surface area contributed by atoms with Gasteiger partial charge in [0.05, 0.1) is 12.1 Å². The Kier molecular flexibility index (Phi) is 6.45. The van der Waals surface area contributed by atoms with Crippen molar-refractivity contribution >= 4 is 24.2 Å². The second-order valence-electron chi connectivity index (χ2n) is 6.58. The molecule has 1 aliphatic heterocycles. The van der Waals surface area contributed by atoms with E-state index in [9.17, 15) is 19.5 Å². The number of carboxylic acid groups (broad SMARTS) is 1. The number of nitrogens with zero attached hydrogens (tertiary/aromatic N) is 3. The molecule has 2 heterocycles. The first-order valence-corrected chi connectivity index (χ1v) is 8.51. The van der Waals surface area contributed by atoms with E-state index in [0.717, 1.165) is 17.4 Å². The Balaban J connectivity index is 0.00000261. The Bertz CT molecular complexity index is 953. The van der Waals surface area contributed by atoms with Crippen LogP contribution >= 0.6 is 12.4 Å². The molecule has 27 heavy (non-hydrogen) atoms. The van der Waals surface area contributed by atoms with Crippen LogP contribution in [0.2, 0.25) is 0 Å². The molecule has 9 heteroatoms. The van der Waals surface area contributed by atoms with Crippen LogP contribution < -0.4 is 21.9 Å². The van der Waals surface area contributed by atoms with E-state index in [2.05, 4.69) is 0 Å². The number of aromatic nitrogens is 2. The molecule has 0 amide bonds. The highest BCUT2D eigenvalue weighted by Gasteiger charge is 2.22. The van der Waals surface area contributed by atoms with Gasteiger partial charge in [-0.2, -0.15) is 0 Å². The van der Waals surface area contributed by atoms with Gasteiger partial charge >= 0.3 is 11.7 Å². The number of carbonyl (C=O) groups is 1. The number of piperidine rings is 1. The molecule has 1 aromatic heterocycles. The monoisotopic (exact) mass is 394 g/mol. The highest BCUT2D eigenvalue weighted by molar-refractivity contribution is 5.89. The fourth-order valence-electron chi connectivity index (χ4n) is 3.32. The van der Waals surface area contributed by atoms with Crippen molar-refractivity contribution < 1.29 is 9.90 Å². The summed E-state index contributed by atoms with van der Waals surface area (Å²) < 4.78 is 2.47. The first-order chi connectivity index (χ1) is 12.4. The third kappa shape index (κ3) is 4.23. The summed E-state index contributed by atoms with van der Waals surface area (Å²) in [4.78, 5) is 38.3. The van der Waals surface area contributed by atoms with Gasteiger partial charge in [0.1, 0.15) is 5.82 Å². The molecule has 1 fully saturated rings. The molecule has 0 bridgehead atoms. The van der Waals surface area contributed by atoms with Gasteiger partial charge < -0.3 is 15.7 Å². The van der Waals surface area contributed by atoms with Gasteiger partial charge in [0.2, 0.25) is 0 Å². The smallest absolute Gasteiger partial charge is 0.336 e. The van der Waals surface area contributed by atoms with Gasteiger partial charge in [-0.1, -0.05) is 18.2 Å². The van der Waals surface area contributed by atoms with Crippen molar-refractivity contribution in [3.05, 3.63) is 62.3 Å². The van der Waals surface area contributed by atoms with Crippen LogP contribution in [0, 0.1) is 0 Å². The fraction of sp³-hybridized carbons (Fsp3) is 0.389. The standard InChI is InChI=1S/C18H22N4O4.ClH/c1-20-16(23)9-15(21-8-4-6-13(19)11-21)22(18(20)26)10-12-5-2-3-7-14(12)17(24)25;/h2-3,5,7,9,13H,4,6,8,10-11,19H2,1H3,(H,24,25);1H/t13-;/m1./s1. The van der Waals surface area contributed by atoms with Crippen molar-refractivity contribution in [2.75, 3.05) is 18.0 Å². The Morgan fingerprint density at radius 1 is 1.30 bits per heavy atom. The summed E-state index contributed by atoms with van der Waals surface area (Å²) >= 11 is 0. The van der Waals surface area contributed by atoms with Crippen LogP contribution in [0.15, 0.2) is 39.9 Å². The summed E-state index contributed by atoms with van der Waals surface area (Å²) in [5.41, 5.74) is 5.81. The number of aromatic carboxylic acids is 1. The summed E-state index contributed by atoms with van der Waals surface area (Å²) in [6.45, 7) is 1.31. The van der Waals surface area contributed by atoms with Crippen molar-refractivity contribution in [2.24, 2.45) is 12.8 Å². The molecule has 0 aliphatic carbocycles. The largest absolute Gasteiger partial charge is 0.478 e. The zero-order valence-corrected chi connectivity index (χ0v) is 15.8. The minimum atomic E-state index is -1.06. The molecule has 1 aliphatic rings. The van der Waals surface area contributed by atoms with Crippen LogP contribution in [0.3, 0.4) is 0 Å². The number of carboxylic acids is 1. The molecule has 0 radical (unpaired) electrons. The number of hydrogen-bond acceptors (Lipinski definition) is 5. The van der Waals surface area contributed by atoms with Crippen LogP contribution in [0.5, 0.6) is 0 Å². The molecule has 146 valence electrons. The lowest BCUT2D eigenvalue weighted by Gasteiger charge is -2.34. The molecule has 1 aromatic carbocycles. The predicted octanol–water partition coefficient (Wildman–Crippen LogP) is 0.643. The van der Waals surface area contributed by atoms with Crippen molar-refractivity contribution in [3.8, 4) is 0 Å². The maximum atomic E-state index is 12.7.